The minimum atomic E-state index is -0.514. The smallest absolute Gasteiger partial charge is 0.263 e. The first-order valence-electron chi connectivity index (χ1n) is 6.22. The molecule has 0 saturated heterocycles. The SMILES string of the molecule is CC(C)C(N)CCN(C)C(=O)c1cc(C(N)=O)cs1.Cl. The zero-order valence-corrected chi connectivity index (χ0v) is 13.6. The minimum absolute atomic E-state index is 0. The van der Waals surface area contributed by atoms with E-state index in [4.69, 9.17) is 11.5 Å². The van der Waals surface area contributed by atoms with Crippen LogP contribution in [0, 0.1) is 5.92 Å². The summed E-state index contributed by atoms with van der Waals surface area (Å²) >= 11 is 1.23. The molecule has 7 heteroatoms. The Balaban J connectivity index is 0.00000361. The zero-order valence-electron chi connectivity index (χ0n) is 12.0. The molecule has 1 unspecified atom stereocenters. The third kappa shape index (κ3) is 5.11. The third-order valence-corrected chi connectivity index (χ3v) is 4.01. The number of nitrogens with zero attached hydrogens (tertiary/aromatic N) is 1. The maximum absolute atomic E-state index is 12.1. The molecule has 1 atom stereocenters. The van der Waals surface area contributed by atoms with Crippen LogP contribution in [-0.2, 0) is 0 Å². The summed E-state index contributed by atoms with van der Waals surface area (Å²) in [6.45, 7) is 4.72. The molecular formula is C13H22ClN3O2S. The highest BCUT2D eigenvalue weighted by atomic mass is 35.5. The lowest BCUT2D eigenvalue weighted by Gasteiger charge is -2.21. The van der Waals surface area contributed by atoms with Gasteiger partial charge in [0, 0.05) is 25.0 Å². The van der Waals surface area contributed by atoms with Crippen LogP contribution >= 0.6 is 23.7 Å². The van der Waals surface area contributed by atoms with E-state index in [2.05, 4.69) is 13.8 Å². The maximum atomic E-state index is 12.1. The van der Waals surface area contributed by atoms with Gasteiger partial charge in [-0.25, -0.2) is 0 Å². The standard InChI is InChI=1S/C13H21N3O2S.ClH/c1-8(2)10(14)4-5-16(3)13(18)11-6-9(7-19-11)12(15)17;/h6-8,10H,4-5,14H2,1-3H3,(H2,15,17);1H. The number of halogens is 1. The van der Waals surface area contributed by atoms with Gasteiger partial charge in [-0.2, -0.15) is 0 Å². The van der Waals surface area contributed by atoms with E-state index in [0.29, 0.717) is 22.9 Å². The molecular weight excluding hydrogens is 298 g/mol. The minimum Gasteiger partial charge on any atom is -0.366 e. The molecule has 0 spiro atoms. The van der Waals surface area contributed by atoms with Gasteiger partial charge in [0.25, 0.3) is 5.91 Å². The lowest BCUT2D eigenvalue weighted by atomic mass is 10.0. The van der Waals surface area contributed by atoms with Crippen LogP contribution in [0.15, 0.2) is 11.4 Å². The quantitative estimate of drug-likeness (QED) is 0.836. The summed E-state index contributed by atoms with van der Waals surface area (Å²) < 4.78 is 0. The van der Waals surface area contributed by atoms with Gasteiger partial charge in [0.2, 0.25) is 5.91 Å². The van der Waals surface area contributed by atoms with Gasteiger partial charge in [-0.3, -0.25) is 9.59 Å². The van der Waals surface area contributed by atoms with Gasteiger partial charge in [0.05, 0.1) is 10.4 Å². The van der Waals surface area contributed by atoms with Gasteiger partial charge in [-0.15, -0.1) is 23.7 Å². The number of hydrogen-bond donors (Lipinski definition) is 2. The summed E-state index contributed by atoms with van der Waals surface area (Å²) in [6, 6.07) is 1.62. The molecule has 4 N–H and O–H groups in total. The maximum Gasteiger partial charge on any atom is 0.263 e. The molecule has 0 aromatic carbocycles. The summed E-state index contributed by atoms with van der Waals surface area (Å²) in [7, 11) is 1.74. The molecule has 0 aliphatic heterocycles. The van der Waals surface area contributed by atoms with E-state index in [9.17, 15) is 9.59 Å². The van der Waals surface area contributed by atoms with Gasteiger partial charge in [0.15, 0.2) is 0 Å². The van der Waals surface area contributed by atoms with Crippen LogP contribution in [0.1, 0.15) is 40.3 Å². The molecule has 0 saturated carbocycles. The van der Waals surface area contributed by atoms with Crippen molar-refractivity contribution in [3.8, 4) is 0 Å². The first kappa shape index (κ1) is 18.9. The van der Waals surface area contributed by atoms with Crippen LogP contribution in [0.5, 0.6) is 0 Å². The monoisotopic (exact) mass is 319 g/mol. The Morgan fingerprint density at radius 3 is 2.45 bits per heavy atom. The van der Waals surface area contributed by atoms with Gasteiger partial charge in [-0.1, -0.05) is 13.8 Å². The van der Waals surface area contributed by atoms with E-state index in [1.54, 1.807) is 17.3 Å². The van der Waals surface area contributed by atoms with E-state index >= 15 is 0 Å². The van der Waals surface area contributed by atoms with Crippen molar-refractivity contribution in [3.05, 3.63) is 21.9 Å². The molecule has 1 heterocycles. The number of rotatable bonds is 6. The second kappa shape index (κ2) is 8.24. The first-order chi connectivity index (χ1) is 8.82. The van der Waals surface area contributed by atoms with Gasteiger partial charge < -0.3 is 16.4 Å². The number of thiophene rings is 1. The van der Waals surface area contributed by atoms with Crippen LogP contribution in [0.4, 0.5) is 0 Å². The number of nitrogens with two attached hydrogens (primary N) is 2. The van der Waals surface area contributed by atoms with Crippen LogP contribution in [-0.4, -0.2) is 36.3 Å². The molecule has 114 valence electrons. The Bertz CT molecular complexity index is 462. The Labute approximate surface area is 129 Å². The molecule has 20 heavy (non-hydrogen) atoms. The average Bonchev–Trinajstić information content (AvgIpc) is 2.83. The number of carbonyl (C=O) groups excluding carboxylic acids is 2. The van der Waals surface area contributed by atoms with Crippen molar-refractivity contribution in [2.24, 2.45) is 17.4 Å². The number of carbonyl (C=O) groups is 2. The van der Waals surface area contributed by atoms with E-state index in [0.717, 1.165) is 6.42 Å². The second-order valence-electron chi connectivity index (χ2n) is 4.99. The van der Waals surface area contributed by atoms with Crippen molar-refractivity contribution >= 4 is 35.6 Å². The van der Waals surface area contributed by atoms with Crippen molar-refractivity contribution in [1.82, 2.24) is 4.90 Å². The molecule has 0 bridgehead atoms. The lowest BCUT2D eigenvalue weighted by Crippen LogP contribution is -2.34. The molecule has 0 radical (unpaired) electrons. The van der Waals surface area contributed by atoms with Crippen LogP contribution < -0.4 is 11.5 Å². The Kier molecular flexibility index (Phi) is 7.78. The molecule has 5 nitrogen and oxygen atoms in total. The predicted octanol–water partition coefficient (Wildman–Crippen LogP) is 1.71. The second-order valence-corrected chi connectivity index (χ2v) is 5.90. The molecule has 0 aliphatic carbocycles. The predicted molar refractivity (Wildman–Crippen MR) is 84.5 cm³/mol. The zero-order chi connectivity index (χ0) is 14.6. The van der Waals surface area contributed by atoms with Crippen molar-refractivity contribution in [2.45, 2.75) is 26.3 Å². The summed E-state index contributed by atoms with van der Waals surface area (Å²) in [6.07, 6.45) is 0.758. The van der Waals surface area contributed by atoms with E-state index < -0.39 is 5.91 Å². The fourth-order valence-electron chi connectivity index (χ4n) is 1.54. The average molecular weight is 320 g/mol. The number of amides is 2. The van der Waals surface area contributed by atoms with Crippen molar-refractivity contribution in [2.75, 3.05) is 13.6 Å². The van der Waals surface area contributed by atoms with Gasteiger partial charge in [-0.05, 0) is 18.4 Å². The topological polar surface area (TPSA) is 89.4 Å². The lowest BCUT2D eigenvalue weighted by molar-refractivity contribution is 0.0794. The normalized spacial score (nSPS) is 11.8. The van der Waals surface area contributed by atoms with Crippen LogP contribution in [0.2, 0.25) is 0 Å². The Hall–Kier alpha value is -1.11. The first-order valence-corrected chi connectivity index (χ1v) is 7.10. The summed E-state index contributed by atoms with van der Waals surface area (Å²) in [5.41, 5.74) is 11.5. The van der Waals surface area contributed by atoms with Crippen molar-refractivity contribution in [1.29, 1.82) is 0 Å². The van der Waals surface area contributed by atoms with Crippen LogP contribution in [0.25, 0.3) is 0 Å². The number of primary amides is 1. The van der Waals surface area contributed by atoms with Gasteiger partial charge >= 0.3 is 0 Å². The molecule has 0 aliphatic rings. The summed E-state index contributed by atoms with van der Waals surface area (Å²) in [5, 5.41) is 1.60. The third-order valence-electron chi connectivity index (χ3n) is 3.10. The molecule has 1 rings (SSSR count). The van der Waals surface area contributed by atoms with E-state index in [1.807, 2.05) is 0 Å². The Morgan fingerprint density at radius 2 is 2.00 bits per heavy atom. The molecule has 0 fully saturated rings. The van der Waals surface area contributed by atoms with Gasteiger partial charge in [0.1, 0.15) is 0 Å². The summed E-state index contributed by atoms with van der Waals surface area (Å²) in [4.78, 5) is 25.2. The fourth-order valence-corrected chi connectivity index (χ4v) is 2.43. The van der Waals surface area contributed by atoms with Crippen molar-refractivity contribution in [3.63, 3.8) is 0 Å². The van der Waals surface area contributed by atoms with Crippen LogP contribution in [0.3, 0.4) is 0 Å². The van der Waals surface area contributed by atoms with E-state index in [1.165, 1.54) is 17.4 Å². The molecule has 2 amide bonds. The highest BCUT2D eigenvalue weighted by Crippen LogP contribution is 2.16. The molecule has 1 aromatic heterocycles. The van der Waals surface area contributed by atoms with E-state index in [-0.39, 0.29) is 24.4 Å². The fraction of sp³-hybridized carbons (Fsp3) is 0.538. The van der Waals surface area contributed by atoms with Crippen molar-refractivity contribution < 1.29 is 9.59 Å². The molecule has 1 aromatic rings. The largest absolute Gasteiger partial charge is 0.366 e. The Morgan fingerprint density at radius 1 is 1.40 bits per heavy atom. The number of hydrogen-bond acceptors (Lipinski definition) is 4. The summed E-state index contributed by atoms with van der Waals surface area (Å²) in [5.74, 6) is -0.222. The highest BCUT2D eigenvalue weighted by molar-refractivity contribution is 7.12. The highest BCUT2D eigenvalue weighted by Gasteiger charge is 2.17.